The highest BCUT2D eigenvalue weighted by atomic mass is 16.5. The lowest BCUT2D eigenvalue weighted by Gasteiger charge is -2.25. The van der Waals surface area contributed by atoms with E-state index in [-0.39, 0.29) is 11.9 Å². The highest BCUT2D eigenvalue weighted by Crippen LogP contribution is 2.27. The van der Waals surface area contributed by atoms with Crippen LogP contribution in [0.15, 0.2) is 24.3 Å². The molecule has 2 N–H and O–H groups in total. The first-order valence-electron chi connectivity index (χ1n) is 7.82. The summed E-state index contributed by atoms with van der Waals surface area (Å²) in [6, 6.07) is 8.06. The summed E-state index contributed by atoms with van der Waals surface area (Å²) in [6.07, 6.45) is 1.12. The molecule has 2 atom stereocenters. The Morgan fingerprint density at radius 1 is 1.43 bits per heavy atom. The number of ether oxygens (including phenoxy) is 1. The molecule has 0 aromatic heterocycles. The smallest absolute Gasteiger partial charge is 0.263 e. The van der Waals surface area contributed by atoms with E-state index in [4.69, 9.17) is 10.5 Å². The third-order valence-electron chi connectivity index (χ3n) is 3.99. The van der Waals surface area contributed by atoms with Crippen molar-refractivity contribution < 1.29 is 9.53 Å². The molecule has 116 valence electrons. The van der Waals surface area contributed by atoms with Crippen molar-refractivity contribution in [1.82, 2.24) is 4.90 Å². The minimum atomic E-state index is -0.421. The standard InChI is InChI=1S/C17H26N2O2/c1-4-15(17(20)19-10-9-13(18)11-19)21-16-8-6-5-7-14(16)12(2)3/h5-8,12-13,15H,4,9-11,18H2,1-3H3/t13-,15-/m1/s1. The molecule has 1 saturated heterocycles. The number of rotatable bonds is 5. The lowest BCUT2D eigenvalue weighted by atomic mass is 10.0. The Balaban J connectivity index is 2.10. The monoisotopic (exact) mass is 290 g/mol. The lowest BCUT2D eigenvalue weighted by molar-refractivity contribution is -0.137. The third kappa shape index (κ3) is 3.76. The summed E-state index contributed by atoms with van der Waals surface area (Å²) < 4.78 is 6.03. The molecule has 1 heterocycles. The highest BCUT2D eigenvalue weighted by Gasteiger charge is 2.30. The van der Waals surface area contributed by atoms with Gasteiger partial charge in [0.1, 0.15) is 5.75 Å². The summed E-state index contributed by atoms with van der Waals surface area (Å²) in [6.45, 7) is 7.63. The van der Waals surface area contributed by atoms with Gasteiger partial charge in [0.25, 0.3) is 5.91 Å². The molecular formula is C17H26N2O2. The summed E-state index contributed by atoms with van der Waals surface area (Å²) in [5.74, 6) is 1.24. The Morgan fingerprint density at radius 2 is 2.14 bits per heavy atom. The molecule has 0 spiro atoms. The van der Waals surface area contributed by atoms with Crippen LogP contribution in [0.25, 0.3) is 0 Å². The molecule has 0 saturated carbocycles. The quantitative estimate of drug-likeness (QED) is 0.906. The predicted octanol–water partition coefficient (Wildman–Crippen LogP) is 2.53. The van der Waals surface area contributed by atoms with Gasteiger partial charge in [-0.2, -0.15) is 0 Å². The zero-order valence-corrected chi connectivity index (χ0v) is 13.2. The van der Waals surface area contributed by atoms with E-state index in [9.17, 15) is 4.79 Å². The number of benzene rings is 1. The van der Waals surface area contributed by atoms with Crippen LogP contribution in [-0.2, 0) is 4.79 Å². The average Bonchev–Trinajstić information content (AvgIpc) is 2.91. The maximum atomic E-state index is 12.6. The van der Waals surface area contributed by atoms with Crippen LogP contribution < -0.4 is 10.5 Å². The number of amides is 1. The molecule has 0 aliphatic carbocycles. The largest absolute Gasteiger partial charge is 0.480 e. The second-order valence-electron chi connectivity index (χ2n) is 6.04. The van der Waals surface area contributed by atoms with Crippen molar-refractivity contribution in [3.05, 3.63) is 29.8 Å². The number of carbonyl (C=O) groups excluding carboxylic acids is 1. The third-order valence-corrected chi connectivity index (χ3v) is 3.99. The molecule has 1 aromatic carbocycles. The van der Waals surface area contributed by atoms with E-state index in [1.807, 2.05) is 30.0 Å². The van der Waals surface area contributed by atoms with Gasteiger partial charge in [-0.05, 0) is 30.4 Å². The van der Waals surface area contributed by atoms with Crippen LogP contribution in [0, 0.1) is 0 Å². The number of nitrogens with zero attached hydrogens (tertiary/aromatic N) is 1. The number of likely N-dealkylation sites (tertiary alicyclic amines) is 1. The maximum absolute atomic E-state index is 12.6. The number of para-hydroxylation sites is 1. The van der Waals surface area contributed by atoms with Crippen molar-refractivity contribution >= 4 is 5.91 Å². The van der Waals surface area contributed by atoms with E-state index in [0.717, 1.165) is 24.3 Å². The van der Waals surface area contributed by atoms with Gasteiger partial charge in [-0.25, -0.2) is 0 Å². The van der Waals surface area contributed by atoms with Crippen molar-refractivity contribution in [2.24, 2.45) is 5.73 Å². The van der Waals surface area contributed by atoms with Crippen LogP contribution in [0.3, 0.4) is 0 Å². The van der Waals surface area contributed by atoms with E-state index in [1.165, 1.54) is 0 Å². The topological polar surface area (TPSA) is 55.6 Å². The van der Waals surface area contributed by atoms with E-state index in [0.29, 0.717) is 18.9 Å². The zero-order valence-electron chi connectivity index (χ0n) is 13.2. The first-order valence-corrected chi connectivity index (χ1v) is 7.82. The first kappa shape index (κ1) is 15.8. The van der Waals surface area contributed by atoms with Gasteiger partial charge in [0.2, 0.25) is 0 Å². The molecule has 0 unspecified atom stereocenters. The Bertz CT molecular complexity index is 487. The molecule has 1 aliphatic rings. The summed E-state index contributed by atoms with van der Waals surface area (Å²) in [5.41, 5.74) is 7.03. The molecule has 4 nitrogen and oxygen atoms in total. The number of carbonyl (C=O) groups is 1. The number of nitrogens with two attached hydrogens (primary N) is 1. The van der Waals surface area contributed by atoms with E-state index < -0.39 is 6.10 Å². The summed E-state index contributed by atoms with van der Waals surface area (Å²) in [7, 11) is 0. The second kappa shape index (κ2) is 6.94. The van der Waals surface area contributed by atoms with Crippen molar-refractivity contribution in [2.45, 2.75) is 51.7 Å². The van der Waals surface area contributed by atoms with Crippen LogP contribution in [-0.4, -0.2) is 36.0 Å². The van der Waals surface area contributed by atoms with Gasteiger partial charge < -0.3 is 15.4 Å². The van der Waals surface area contributed by atoms with E-state index in [1.54, 1.807) is 0 Å². The molecular weight excluding hydrogens is 264 g/mol. The maximum Gasteiger partial charge on any atom is 0.263 e. The fourth-order valence-electron chi connectivity index (χ4n) is 2.72. The van der Waals surface area contributed by atoms with Crippen LogP contribution in [0.5, 0.6) is 5.75 Å². The lowest BCUT2D eigenvalue weighted by Crippen LogP contribution is -2.41. The zero-order chi connectivity index (χ0) is 15.4. The minimum absolute atomic E-state index is 0.0593. The van der Waals surface area contributed by atoms with Crippen LogP contribution in [0.1, 0.15) is 45.1 Å². The van der Waals surface area contributed by atoms with Gasteiger partial charge in [0.15, 0.2) is 6.10 Å². The Kier molecular flexibility index (Phi) is 5.23. The fraction of sp³-hybridized carbons (Fsp3) is 0.588. The van der Waals surface area contributed by atoms with Gasteiger partial charge in [0.05, 0.1) is 0 Å². The second-order valence-corrected chi connectivity index (χ2v) is 6.04. The van der Waals surface area contributed by atoms with Crippen molar-refractivity contribution in [2.75, 3.05) is 13.1 Å². The Morgan fingerprint density at radius 3 is 2.71 bits per heavy atom. The molecule has 21 heavy (non-hydrogen) atoms. The van der Waals surface area contributed by atoms with Gasteiger partial charge in [-0.1, -0.05) is 39.0 Å². The normalized spacial score (nSPS) is 19.9. The summed E-state index contributed by atoms with van der Waals surface area (Å²) in [5, 5.41) is 0. The van der Waals surface area contributed by atoms with Crippen molar-refractivity contribution in [1.29, 1.82) is 0 Å². The first-order chi connectivity index (χ1) is 10.0. The number of hydrogen-bond acceptors (Lipinski definition) is 3. The molecule has 1 aromatic rings. The molecule has 4 heteroatoms. The van der Waals surface area contributed by atoms with Crippen LogP contribution in [0.2, 0.25) is 0 Å². The van der Waals surface area contributed by atoms with Crippen LogP contribution >= 0.6 is 0 Å². The SMILES string of the molecule is CC[C@@H](Oc1ccccc1C(C)C)C(=O)N1CC[C@@H](N)C1. The van der Waals surface area contributed by atoms with Crippen LogP contribution in [0.4, 0.5) is 0 Å². The molecule has 1 aliphatic heterocycles. The van der Waals surface area contributed by atoms with Crippen molar-refractivity contribution in [3.63, 3.8) is 0 Å². The molecule has 1 amide bonds. The number of hydrogen-bond donors (Lipinski definition) is 1. The van der Waals surface area contributed by atoms with Gasteiger partial charge >= 0.3 is 0 Å². The summed E-state index contributed by atoms with van der Waals surface area (Å²) >= 11 is 0. The minimum Gasteiger partial charge on any atom is -0.480 e. The molecule has 2 rings (SSSR count). The average molecular weight is 290 g/mol. The highest BCUT2D eigenvalue weighted by molar-refractivity contribution is 5.81. The van der Waals surface area contributed by atoms with Gasteiger partial charge in [0, 0.05) is 19.1 Å². The Labute approximate surface area is 127 Å². The predicted molar refractivity (Wildman–Crippen MR) is 84.4 cm³/mol. The van der Waals surface area contributed by atoms with Crippen molar-refractivity contribution in [3.8, 4) is 5.75 Å². The summed E-state index contributed by atoms with van der Waals surface area (Å²) in [4.78, 5) is 14.4. The van der Waals surface area contributed by atoms with E-state index >= 15 is 0 Å². The molecule has 0 bridgehead atoms. The molecule has 0 radical (unpaired) electrons. The van der Waals surface area contributed by atoms with E-state index in [2.05, 4.69) is 19.9 Å². The Hall–Kier alpha value is -1.55. The van der Waals surface area contributed by atoms with Gasteiger partial charge in [-0.3, -0.25) is 4.79 Å². The molecule has 1 fully saturated rings. The van der Waals surface area contributed by atoms with Gasteiger partial charge in [-0.15, -0.1) is 0 Å². The fourth-order valence-corrected chi connectivity index (χ4v) is 2.72.